The van der Waals surface area contributed by atoms with Gasteiger partial charge in [-0.3, -0.25) is 4.84 Å². The molecule has 0 aromatic rings. The molecule has 4 heteroatoms. The van der Waals surface area contributed by atoms with Gasteiger partial charge in [-0.05, 0) is 19.3 Å². The maximum Gasteiger partial charge on any atom is 0.433 e. The predicted molar refractivity (Wildman–Crippen MR) is 52.7 cm³/mol. The molecule has 76 valence electrons. The van der Waals surface area contributed by atoms with E-state index in [1.807, 2.05) is 27.7 Å². The Morgan fingerprint density at radius 1 is 1.54 bits per heavy atom. The second-order valence-electron chi connectivity index (χ2n) is 3.33. The second kappa shape index (κ2) is 6.46. The van der Waals surface area contributed by atoms with Crippen molar-refractivity contribution in [2.24, 2.45) is 11.1 Å². The predicted octanol–water partition coefficient (Wildman–Crippen LogP) is 2.15. The van der Waals surface area contributed by atoms with E-state index in [4.69, 9.17) is 0 Å². The first-order chi connectivity index (χ1) is 6.06. The van der Waals surface area contributed by atoms with Crippen molar-refractivity contribution in [2.45, 2.75) is 34.1 Å². The minimum Gasteiger partial charge on any atom is -0.319 e. The fraction of sp³-hybridized carbons (Fsp3) is 0.778. The molecule has 1 N–H and O–H groups in total. The molecule has 0 heterocycles. The van der Waals surface area contributed by atoms with Gasteiger partial charge in [-0.15, -0.1) is 0 Å². The Morgan fingerprint density at radius 3 is 2.62 bits per heavy atom. The first-order valence-electron chi connectivity index (χ1n) is 4.54. The van der Waals surface area contributed by atoms with E-state index < -0.39 is 6.09 Å². The number of rotatable bonds is 4. The van der Waals surface area contributed by atoms with Crippen LogP contribution in [0.1, 0.15) is 34.1 Å². The van der Waals surface area contributed by atoms with Gasteiger partial charge in [0.15, 0.2) is 0 Å². The van der Waals surface area contributed by atoms with Crippen LogP contribution in [-0.2, 0) is 4.84 Å². The average molecular weight is 186 g/mol. The van der Waals surface area contributed by atoms with Crippen molar-refractivity contribution in [1.29, 1.82) is 0 Å². The molecule has 0 spiro atoms. The van der Waals surface area contributed by atoms with Crippen LogP contribution < -0.4 is 5.32 Å². The van der Waals surface area contributed by atoms with Crippen LogP contribution in [0.5, 0.6) is 0 Å². The molecule has 0 bridgehead atoms. The second-order valence-corrected chi connectivity index (χ2v) is 3.33. The summed E-state index contributed by atoms with van der Waals surface area (Å²) in [6.45, 7) is 8.41. The van der Waals surface area contributed by atoms with Crippen LogP contribution in [0.15, 0.2) is 5.16 Å². The zero-order valence-corrected chi connectivity index (χ0v) is 8.76. The topological polar surface area (TPSA) is 50.7 Å². The minimum absolute atomic E-state index is 0.420. The molecule has 13 heavy (non-hydrogen) atoms. The van der Waals surface area contributed by atoms with E-state index in [0.29, 0.717) is 12.5 Å². The van der Waals surface area contributed by atoms with Crippen LogP contribution in [0.2, 0.25) is 0 Å². The van der Waals surface area contributed by atoms with E-state index in [0.717, 1.165) is 12.1 Å². The van der Waals surface area contributed by atoms with Crippen LogP contribution in [0.3, 0.4) is 0 Å². The van der Waals surface area contributed by atoms with E-state index in [-0.39, 0.29) is 0 Å². The zero-order chi connectivity index (χ0) is 10.3. The van der Waals surface area contributed by atoms with Crippen LogP contribution in [0.25, 0.3) is 0 Å². The Hall–Kier alpha value is -1.06. The lowest BCUT2D eigenvalue weighted by molar-refractivity contribution is 0.149. The van der Waals surface area contributed by atoms with Crippen LogP contribution in [-0.4, -0.2) is 18.3 Å². The highest BCUT2D eigenvalue weighted by molar-refractivity contribution is 5.81. The van der Waals surface area contributed by atoms with Crippen LogP contribution in [0.4, 0.5) is 4.79 Å². The summed E-state index contributed by atoms with van der Waals surface area (Å²) in [6.07, 6.45) is 0.304. The van der Waals surface area contributed by atoms with Gasteiger partial charge in [0.25, 0.3) is 0 Å². The third-order valence-corrected chi connectivity index (χ3v) is 1.45. The van der Waals surface area contributed by atoms with E-state index >= 15 is 0 Å². The molecule has 0 aromatic carbocycles. The number of hydrogen-bond acceptors (Lipinski definition) is 3. The molecule has 0 saturated carbocycles. The van der Waals surface area contributed by atoms with Crippen molar-refractivity contribution in [1.82, 2.24) is 5.32 Å². The molecule has 0 aliphatic carbocycles. The smallest absolute Gasteiger partial charge is 0.319 e. The van der Waals surface area contributed by atoms with Crippen LogP contribution >= 0.6 is 0 Å². The van der Waals surface area contributed by atoms with Gasteiger partial charge in [-0.25, -0.2) is 4.79 Å². The maximum absolute atomic E-state index is 10.9. The van der Waals surface area contributed by atoms with Crippen molar-refractivity contribution in [3.05, 3.63) is 0 Å². The normalized spacial score (nSPS) is 11.6. The van der Waals surface area contributed by atoms with Gasteiger partial charge in [0, 0.05) is 6.54 Å². The summed E-state index contributed by atoms with van der Waals surface area (Å²) in [7, 11) is 0. The highest BCUT2D eigenvalue weighted by Gasteiger charge is 2.01. The molecule has 0 rings (SSSR count). The molecular weight excluding hydrogens is 168 g/mol. The lowest BCUT2D eigenvalue weighted by Gasteiger charge is -2.04. The number of hydrogen-bond donors (Lipinski definition) is 1. The number of carbonyl (C=O) groups is 1. The van der Waals surface area contributed by atoms with Crippen LogP contribution in [0, 0.1) is 5.92 Å². The SMILES string of the molecule is CCC(C)=NOC(=O)NCC(C)C. The number of nitrogens with one attached hydrogen (secondary N) is 1. The maximum atomic E-state index is 10.9. The van der Waals surface area contributed by atoms with Crippen molar-refractivity contribution >= 4 is 11.8 Å². The van der Waals surface area contributed by atoms with Gasteiger partial charge in [-0.2, -0.15) is 0 Å². The molecule has 0 saturated heterocycles. The van der Waals surface area contributed by atoms with Crippen molar-refractivity contribution in [3.8, 4) is 0 Å². The lowest BCUT2D eigenvalue weighted by Crippen LogP contribution is -2.26. The number of oxime groups is 1. The first-order valence-corrected chi connectivity index (χ1v) is 4.54. The van der Waals surface area contributed by atoms with Crippen molar-refractivity contribution in [3.63, 3.8) is 0 Å². The summed E-state index contributed by atoms with van der Waals surface area (Å²) in [4.78, 5) is 15.5. The van der Waals surface area contributed by atoms with Crippen molar-refractivity contribution < 1.29 is 9.63 Å². The van der Waals surface area contributed by atoms with Gasteiger partial charge >= 0.3 is 6.09 Å². The van der Waals surface area contributed by atoms with E-state index in [2.05, 4.69) is 15.3 Å². The Bertz CT molecular complexity index is 188. The summed E-state index contributed by atoms with van der Waals surface area (Å²) in [5.41, 5.74) is 0.805. The standard InChI is InChI=1S/C9H18N2O2/c1-5-8(4)11-13-9(12)10-6-7(2)3/h7H,5-6H2,1-4H3,(H,10,12). The monoisotopic (exact) mass is 186 g/mol. The van der Waals surface area contributed by atoms with E-state index in [1.54, 1.807) is 0 Å². The molecule has 0 fully saturated rings. The average Bonchev–Trinajstić information content (AvgIpc) is 2.10. The Morgan fingerprint density at radius 2 is 2.15 bits per heavy atom. The highest BCUT2D eigenvalue weighted by atomic mass is 16.7. The van der Waals surface area contributed by atoms with Gasteiger partial charge in [0.1, 0.15) is 0 Å². The van der Waals surface area contributed by atoms with Gasteiger partial charge in [-0.1, -0.05) is 25.9 Å². The molecule has 0 atom stereocenters. The number of carbonyl (C=O) groups excluding carboxylic acids is 1. The van der Waals surface area contributed by atoms with Crippen molar-refractivity contribution in [2.75, 3.05) is 6.54 Å². The molecule has 0 radical (unpaired) electrons. The van der Waals surface area contributed by atoms with Gasteiger partial charge in [0.2, 0.25) is 0 Å². The quantitative estimate of drug-likeness (QED) is 0.415. The summed E-state index contributed by atoms with van der Waals surface area (Å²) in [5, 5.41) is 6.22. The summed E-state index contributed by atoms with van der Waals surface area (Å²) >= 11 is 0. The van der Waals surface area contributed by atoms with E-state index in [1.165, 1.54) is 0 Å². The Balaban J connectivity index is 3.63. The third-order valence-electron chi connectivity index (χ3n) is 1.45. The first kappa shape index (κ1) is 11.9. The molecule has 0 aliphatic rings. The molecule has 0 aliphatic heterocycles. The Kier molecular flexibility index (Phi) is 5.93. The summed E-state index contributed by atoms with van der Waals surface area (Å²) in [6, 6.07) is 0. The molecule has 0 unspecified atom stereocenters. The van der Waals surface area contributed by atoms with E-state index in [9.17, 15) is 4.79 Å². The lowest BCUT2D eigenvalue weighted by atomic mass is 10.2. The van der Waals surface area contributed by atoms with Gasteiger partial charge in [0.05, 0.1) is 5.71 Å². The summed E-state index contributed by atoms with van der Waals surface area (Å²) in [5.74, 6) is 0.420. The molecule has 0 aromatic heterocycles. The largest absolute Gasteiger partial charge is 0.433 e. The molecular formula is C9H18N2O2. The Labute approximate surface area is 79.3 Å². The fourth-order valence-corrected chi connectivity index (χ4v) is 0.504. The highest BCUT2D eigenvalue weighted by Crippen LogP contribution is 1.90. The fourth-order valence-electron chi connectivity index (χ4n) is 0.504. The van der Waals surface area contributed by atoms with Gasteiger partial charge < -0.3 is 5.32 Å². The minimum atomic E-state index is -0.485. The number of amides is 1. The number of nitrogens with zero attached hydrogens (tertiary/aromatic N) is 1. The molecule has 4 nitrogen and oxygen atoms in total. The molecule has 1 amide bonds. The third kappa shape index (κ3) is 7.31. The summed E-state index contributed by atoms with van der Waals surface area (Å²) < 4.78 is 0. The zero-order valence-electron chi connectivity index (χ0n) is 8.76.